The fraction of sp³-hybridized carbons (Fsp3) is 0.455. The number of hydrogen-bond acceptors (Lipinski definition) is 3. The molecule has 0 amide bonds. The molecule has 0 spiro atoms. The van der Waals surface area contributed by atoms with Crippen molar-refractivity contribution in [3.8, 4) is 0 Å². The van der Waals surface area contributed by atoms with Crippen LogP contribution in [0.2, 0.25) is 0 Å². The molecule has 0 aliphatic carbocycles. The minimum absolute atomic E-state index is 0.810. The molecule has 78 valence electrons. The number of hydrogen-bond donors (Lipinski definition) is 0. The molecule has 3 nitrogen and oxygen atoms in total. The van der Waals surface area contributed by atoms with Crippen LogP contribution < -0.4 is 4.90 Å². The Morgan fingerprint density at radius 3 is 2.07 bits per heavy atom. The van der Waals surface area contributed by atoms with Crippen LogP contribution >= 0.6 is 0 Å². The Morgan fingerprint density at radius 1 is 1.07 bits per heavy atom. The van der Waals surface area contributed by atoms with Crippen molar-refractivity contribution in [2.45, 2.75) is 6.54 Å². The molecule has 0 heterocycles. The first-order valence-corrected chi connectivity index (χ1v) is 4.65. The van der Waals surface area contributed by atoms with Crippen LogP contribution in [0.1, 0.15) is 5.56 Å². The number of anilines is 1. The highest BCUT2D eigenvalue weighted by molar-refractivity contribution is 5.45. The van der Waals surface area contributed by atoms with Crippen LogP contribution in [-0.4, -0.2) is 33.3 Å². The molecule has 0 saturated heterocycles. The highest BCUT2D eigenvalue weighted by Gasteiger charge is 1.99. The summed E-state index contributed by atoms with van der Waals surface area (Å²) in [6.45, 7) is 0.810. The molecule has 1 aromatic rings. The quantitative estimate of drug-likeness (QED) is 0.679. The van der Waals surface area contributed by atoms with Gasteiger partial charge in [-0.3, -0.25) is 0 Å². The van der Waals surface area contributed by atoms with Crippen molar-refractivity contribution in [3.63, 3.8) is 0 Å². The Labute approximate surface area is 85.8 Å². The van der Waals surface area contributed by atoms with Gasteiger partial charge in [0.05, 0.1) is 7.11 Å². The lowest BCUT2D eigenvalue weighted by atomic mass is 10.2. The van der Waals surface area contributed by atoms with Gasteiger partial charge >= 0.3 is 0 Å². The minimum atomic E-state index is 0.810. The first-order chi connectivity index (χ1) is 6.63. The van der Waals surface area contributed by atoms with Crippen LogP contribution in [0.4, 0.5) is 5.69 Å². The zero-order chi connectivity index (χ0) is 10.6. The second-order valence-corrected chi connectivity index (χ2v) is 3.53. The van der Waals surface area contributed by atoms with Crippen LogP contribution in [0.3, 0.4) is 0 Å². The third-order valence-corrected chi connectivity index (χ3v) is 2.17. The molecule has 3 heteroatoms. The SMILES string of the molecule is CON(C)Cc1ccc(N(C)C)cc1. The van der Waals surface area contributed by atoms with Crippen LogP contribution in [0.15, 0.2) is 24.3 Å². The van der Waals surface area contributed by atoms with E-state index in [1.165, 1.54) is 11.3 Å². The lowest BCUT2D eigenvalue weighted by Crippen LogP contribution is -2.15. The summed E-state index contributed by atoms with van der Waals surface area (Å²) in [4.78, 5) is 7.14. The average Bonchev–Trinajstić information content (AvgIpc) is 2.18. The van der Waals surface area contributed by atoms with Crippen molar-refractivity contribution >= 4 is 5.69 Å². The third kappa shape index (κ3) is 3.01. The molecule has 0 unspecified atom stereocenters. The standard InChI is InChI=1S/C11H18N2O/c1-12(2)11-7-5-10(6-8-11)9-13(3)14-4/h5-8H,9H2,1-4H3. The van der Waals surface area contributed by atoms with E-state index in [0.29, 0.717) is 0 Å². The summed E-state index contributed by atoms with van der Waals surface area (Å²) in [6, 6.07) is 8.45. The summed E-state index contributed by atoms with van der Waals surface area (Å²) in [6.07, 6.45) is 0. The lowest BCUT2D eigenvalue weighted by molar-refractivity contribution is -0.116. The smallest absolute Gasteiger partial charge is 0.0575 e. The van der Waals surface area contributed by atoms with E-state index in [4.69, 9.17) is 4.84 Å². The maximum atomic E-state index is 5.05. The molecule has 0 atom stereocenters. The Hall–Kier alpha value is -1.06. The van der Waals surface area contributed by atoms with E-state index in [2.05, 4.69) is 29.2 Å². The van der Waals surface area contributed by atoms with E-state index in [-0.39, 0.29) is 0 Å². The van der Waals surface area contributed by atoms with E-state index in [1.807, 2.05) is 21.1 Å². The van der Waals surface area contributed by atoms with Gasteiger partial charge in [0.25, 0.3) is 0 Å². The highest BCUT2D eigenvalue weighted by Crippen LogP contribution is 2.13. The minimum Gasteiger partial charge on any atom is -0.378 e. The summed E-state index contributed by atoms with van der Waals surface area (Å²) in [5.74, 6) is 0. The molecule has 0 bridgehead atoms. The van der Waals surface area contributed by atoms with Gasteiger partial charge in [-0.2, -0.15) is 5.06 Å². The van der Waals surface area contributed by atoms with Crippen molar-refractivity contribution in [2.75, 3.05) is 33.2 Å². The summed E-state index contributed by atoms with van der Waals surface area (Å²) >= 11 is 0. The van der Waals surface area contributed by atoms with E-state index in [1.54, 1.807) is 12.2 Å². The van der Waals surface area contributed by atoms with Crippen molar-refractivity contribution in [2.24, 2.45) is 0 Å². The van der Waals surface area contributed by atoms with Crippen molar-refractivity contribution in [1.82, 2.24) is 5.06 Å². The Balaban J connectivity index is 2.64. The third-order valence-electron chi connectivity index (χ3n) is 2.17. The summed E-state index contributed by atoms with van der Waals surface area (Å²) in [5.41, 5.74) is 2.47. The molecular weight excluding hydrogens is 176 g/mol. The molecule has 0 aliphatic rings. The van der Waals surface area contributed by atoms with Crippen LogP contribution in [0.5, 0.6) is 0 Å². The van der Waals surface area contributed by atoms with Gasteiger partial charge in [-0.1, -0.05) is 12.1 Å². The zero-order valence-electron chi connectivity index (χ0n) is 9.32. The number of benzene rings is 1. The van der Waals surface area contributed by atoms with Gasteiger partial charge in [0.2, 0.25) is 0 Å². The number of nitrogens with zero attached hydrogens (tertiary/aromatic N) is 2. The summed E-state index contributed by atoms with van der Waals surface area (Å²) in [7, 11) is 7.67. The van der Waals surface area contributed by atoms with Gasteiger partial charge in [0.1, 0.15) is 0 Å². The van der Waals surface area contributed by atoms with E-state index in [0.717, 1.165) is 6.54 Å². The second kappa shape index (κ2) is 4.98. The Bertz CT molecular complexity index is 269. The maximum absolute atomic E-state index is 5.05. The van der Waals surface area contributed by atoms with E-state index < -0.39 is 0 Å². The largest absolute Gasteiger partial charge is 0.378 e. The molecule has 0 fully saturated rings. The molecule has 0 radical (unpaired) electrons. The number of hydroxylamine groups is 2. The summed E-state index contributed by atoms with van der Waals surface area (Å²) < 4.78 is 0. The van der Waals surface area contributed by atoms with Crippen LogP contribution in [0, 0.1) is 0 Å². The van der Waals surface area contributed by atoms with E-state index in [9.17, 15) is 0 Å². The van der Waals surface area contributed by atoms with Gasteiger partial charge in [-0.05, 0) is 17.7 Å². The fourth-order valence-electron chi connectivity index (χ4n) is 1.22. The Kier molecular flexibility index (Phi) is 3.92. The predicted octanol–water partition coefficient (Wildman–Crippen LogP) is 1.75. The average molecular weight is 194 g/mol. The maximum Gasteiger partial charge on any atom is 0.0575 e. The second-order valence-electron chi connectivity index (χ2n) is 3.53. The molecule has 0 aliphatic heterocycles. The highest BCUT2D eigenvalue weighted by atomic mass is 16.7. The van der Waals surface area contributed by atoms with Crippen LogP contribution in [0.25, 0.3) is 0 Å². The van der Waals surface area contributed by atoms with Gasteiger partial charge in [-0.25, -0.2) is 0 Å². The molecule has 0 saturated carbocycles. The first kappa shape index (κ1) is 11.0. The first-order valence-electron chi connectivity index (χ1n) is 4.65. The Morgan fingerprint density at radius 2 is 1.64 bits per heavy atom. The molecule has 14 heavy (non-hydrogen) atoms. The van der Waals surface area contributed by atoms with Gasteiger partial charge in [0.15, 0.2) is 0 Å². The molecular formula is C11H18N2O. The topological polar surface area (TPSA) is 15.7 Å². The zero-order valence-corrected chi connectivity index (χ0v) is 9.32. The van der Waals surface area contributed by atoms with Gasteiger partial charge in [-0.15, -0.1) is 0 Å². The monoisotopic (exact) mass is 194 g/mol. The van der Waals surface area contributed by atoms with Crippen molar-refractivity contribution in [1.29, 1.82) is 0 Å². The van der Waals surface area contributed by atoms with Crippen LogP contribution in [-0.2, 0) is 11.4 Å². The molecule has 0 N–H and O–H groups in total. The van der Waals surface area contributed by atoms with Gasteiger partial charge in [0, 0.05) is 33.4 Å². The summed E-state index contributed by atoms with van der Waals surface area (Å²) in [5, 5.41) is 1.80. The molecule has 1 rings (SSSR count). The number of rotatable bonds is 4. The molecule has 0 aromatic heterocycles. The van der Waals surface area contributed by atoms with E-state index >= 15 is 0 Å². The fourth-order valence-corrected chi connectivity index (χ4v) is 1.22. The van der Waals surface area contributed by atoms with Crippen molar-refractivity contribution < 1.29 is 4.84 Å². The lowest BCUT2D eigenvalue weighted by Gasteiger charge is -2.15. The molecule has 1 aromatic carbocycles. The van der Waals surface area contributed by atoms with Gasteiger partial charge < -0.3 is 9.74 Å². The predicted molar refractivity (Wildman–Crippen MR) is 59.2 cm³/mol. The normalized spacial score (nSPS) is 10.6. The van der Waals surface area contributed by atoms with Crippen molar-refractivity contribution in [3.05, 3.63) is 29.8 Å².